The number of rotatable bonds is 5. The standard InChI is InChI=1S/C20H23N5O3/c1-13-6-7-16(14(2)10-13)25-23-15(3)18(24-25)19(27)28-11-17(26)22-20(12-21)8-4-5-9-20/h6-7,10H,4-5,8-9,11H2,1-3H3,(H,22,26). The Hall–Kier alpha value is -3.21. The molecule has 0 bridgehead atoms. The number of carbonyl (C=O) groups is 2. The van der Waals surface area contributed by atoms with E-state index < -0.39 is 24.0 Å². The minimum atomic E-state index is -0.842. The molecule has 1 aromatic heterocycles. The fourth-order valence-electron chi connectivity index (χ4n) is 3.45. The van der Waals surface area contributed by atoms with E-state index in [-0.39, 0.29) is 5.69 Å². The van der Waals surface area contributed by atoms with Gasteiger partial charge in [-0.15, -0.1) is 5.10 Å². The van der Waals surface area contributed by atoms with Crippen LogP contribution in [0.1, 0.15) is 53.0 Å². The van der Waals surface area contributed by atoms with Crippen molar-refractivity contribution in [3.05, 3.63) is 40.7 Å². The Morgan fingerprint density at radius 2 is 1.96 bits per heavy atom. The molecule has 0 aliphatic heterocycles. The normalized spacial score (nSPS) is 15.1. The Labute approximate surface area is 163 Å². The second kappa shape index (κ2) is 7.80. The van der Waals surface area contributed by atoms with Crippen molar-refractivity contribution in [3.63, 3.8) is 0 Å². The van der Waals surface area contributed by atoms with E-state index in [1.807, 2.05) is 32.0 Å². The summed E-state index contributed by atoms with van der Waals surface area (Å²) in [6.45, 7) is 5.14. The second-order valence-corrected chi connectivity index (χ2v) is 7.24. The highest BCUT2D eigenvalue weighted by atomic mass is 16.5. The molecule has 28 heavy (non-hydrogen) atoms. The van der Waals surface area contributed by atoms with Crippen LogP contribution in [-0.4, -0.2) is 39.0 Å². The third kappa shape index (κ3) is 4.03. The molecular formula is C20H23N5O3. The first-order chi connectivity index (χ1) is 13.3. The molecule has 146 valence electrons. The number of hydrogen-bond donors (Lipinski definition) is 1. The van der Waals surface area contributed by atoms with Gasteiger partial charge in [-0.05, 0) is 58.1 Å². The van der Waals surface area contributed by atoms with Crippen LogP contribution in [0, 0.1) is 32.1 Å². The predicted molar refractivity (Wildman–Crippen MR) is 101 cm³/mol. The zero-order valence-electron chi connectivity index (χ0n) is 16.3. The molecule has 0 spiro atoms. The van der Waals surface area contributed by atoms with Crippen LogP contribution in [0.5, 0.6) is 0 Å². The van der Waals surface area contributed by atoms with Gasteiger partial charge in [0.05, 0.1) is 17.5 Å². The Balaban J connectivity index is 1.66. The largest absolute Gasteiger partial charge is 0.451 e. The van der Waals surface area contributed by atoms with Crippen molar-refractivity contribution in [2.45, 2.75) is 52.0 Å². The van der Waals surface area contributed by atoms with E-state index in [0.29, 0.717) is 18.5 Å². The molecule has 0 saturated heterocycles. The number of nitriles is 1. The van der Waals surface area contributed by atoms with Crippen molar-refractivity contribution in [1.29, 1.82) is 5.26 Å². The number of hydrogen-bond acceptors (Lipinski definition) is 6. The lowest BCUT2D eigenvalue weighted by molar-refractivity contribution is -0.125. The summed E-state index contributed by atoms with van der Waals surface area (Å²) in [6, 6.07) is 8.00. The SMILES string of the molecule is Cc1ccc(-n2nc(C)c(C(=O)OCC(=O)NC3(C#N)CCCC3)n2)c(C)c1. The maximum absolute atomic E-state index is 12.4. The third-order valence-corrected chi connectivity index (χ3v) is 4.93. The van der Waals surface area contributed by atoms with E-state index in [4.69, 9.17) is 4.74 Å². The van der Waals surface area contributed by atoms with E-state index in [0.717, 1.165) is 29.7 Å². The van der Waals surface area contributed by atoms with Gasteiger partial charge in [0.15, 0.2) is 12.3 Å². The van der Waals surface area contributed by atoms with Gasteiger partial charge in [0.25, 0.3) is 5.91 Å². The minimum Gasteiger partial charge on any atom is -0.451 e. The number of carbonyl (C=O) groups excluding carboxylic acids is 2. The molecule has 1 N–H and O–H groups in total. The van der Waals surface area contributed by atoms with Crippen molar-refractivity contribution < 1.29 is 14.3 Å². The first-order valence-electron chi connectivity index (χ1n) is 9.24. The second-order valence-electron chi connectivity index (χ2n) is 7.24. The lowest BCUT2D eigenvalue weighted by Gasteiger charge is -2.21. The van der Waals surface area contributed by atoms with Crippen LogP contribution in [-0.2, 0) is 9.53 Å². The zero-order chi connectivity index (χ0) is 20.3. The summed E-state index contributed by atoms with van der Waals surface area (Å²) >= 11 is 0. The summed E-state index contributed by atoms with van der Waals surface area (Å²) in [4.78, 5) is 25.9. The van der Waals surface area contributed by atoms with Crippen LogP contribution in [0.4, 0.5) is 0 Å². The van der Waals surface area contributed by atoms with E-state index in [2.05, 4.69) is 21.6 Å². The molecule has 1 fully saturated rings. The summed E-state index contributed by atoms with van der Waals surface area (Å²) in [5, 5.41) is 20.5. The molecule has 1 aliphatic rings. The number of esters is 1. The number of nitrogens with one attached hydrogen (secondary N) is 1. The molecule has 1 saturated carbocycles. The predicted octanol–water partition coefficient (Wildman–Crippen LogP) is 2.30. The Bertz CT molecular complexity index is 951. The average molecular weight is 381 g/mol. The van der Waals surface area contributed by atoms with Gasteiger partial charge in [0, 0.05) is 0 Å². The Morgan fingerprint density at radius 1 is 1.25 bits per heavy atom. The van der Waals surface area contributed by atoms with E-state index in [1.165, 1.54) is 4.80 Å². The van der Waals surface area contributed by atoms with Gasteiger partial charge in [-0.25, -0.2) is 4.79 Å². The van der Waals surface area contributed by atoms with Crippen molar-refractivity contribution in [1.82, 2.24) is 20.3 Å². The van der Waals surface area contributed by atoms with Gasteiger partial charge in [0.1, 0.15) is 5.54 Å². The van der Waals surface area contributed by atoms with Crippen LogP contribution < -0.4 is 5.32 Å². The Kier molecular flexibility index (Phi) is 5.45. The van der Waals surface area contributed by atoms with Crippen LogP contribution in [0.3, 0.4) is 0 Å². The molecule has 0 unspecified atom stereocenters. The number of aryl methyl sites for hydroxylation is 3. The summed E-state index contributed by atoms with van der Waals surface area (Å²) in [6.07, 6.45) is 3.03. The topological polar surface area (TPSA) is 110 Å². The molecule has 1 heterocycles. The monoisotopic (exact) mass is 381 g/mol. The van der Waals surface area contributed by atoms with Crippen molar-refractivity contribution in [2.75, 3.05) is 6.61 Å². The highest BCUT2D eigenvalue weighted by molar-refractivity contribution is 5.90. The Morgan fingerprint density at radius 3 is 2.61 bits per heavy atom. The number of nitrogens with zero attached hydrogens (tertiary/aromatic N) is 4. The highest BCUT2D eigenvalue weighted by Crippen LogP contribution is 2.28. The summed E-state index contributed by atoms with van der Waals surface area (Å²) < 4.78 is 5.09. The van der Waals surface area contributed by atoms with Crippen molar-refractivity contribution in [3.8, 4) is 11.8 Å². The average Bonchev–Trinajstić information content (AvgIpc) is 3.27. The molecule has 8 nitrogen and oxygen atoms in total. The maximum Gasteiger partial charge on any atom is 0.361 e. The summed E-state index contributed by atoms with van der Waals surface area (Å²) in [5.74, 6) is -1.21. The van der Waals surface area contributed by atoms with E-state index in [9.17, 15) is 14.9 Å². The first-order valence-corrected chi connectivity index (χ1v) is 9.24. The van der Waals surface area contributed by atoms with Gasteiger partial charge < -0.3 is 10.1 Å². The lowest BCUT2D eigenvalue weighted by atomic mass is 10.00. The fourth-order valence-corrected chi connectivity index (χ4v) is 3.45. The van der Waals surface area contributed by atoms with Gasteiger partial charge >= 0.3 is 5.97 Å². The molecule has 0 radical (unpaired) electrons. The number of ether oxygens (including phenoxy) is 1. The third-order valence-electron chi connectivity index (χ3n) is 4.93. The summed E-state index contributed by atoms with van der Waals surface area (Å²) in [5.41, 5.74) is 2.49. The molecule has 1 aromatic carbocycles. The van der Waals surface area contributed by atoms with Crippen molar-refractivity contribution >= 4 is 11.9 Å². The molecule has 1 amide bonds. The van der Waals surface area contributed by atoms with Gasteiger partial charge in [-0.1, -0.05) is 17.7 Å². The van der Waals surface area contributed by atoms with Gasteiger partial charge in [0.2, 0.25) is 0 Å². The maximum atomic E-state index is 12.4. The number of benzene rings is 1. The quantitative estimate of drug-likeness (QED) is 0.796. The molecular weight excluding hydrogens is 358 g/mol. The van der Waals surface area contributed by atoms with Crippen LogP contribution >= 0.6 is 0 Å². The molecule has 2 aromatic rings. The number of amides is 1. The minimum absolute atomic E-state index is 0.0589. The smallest absolute Gasteiger partial charge is 0.361 e. The molecule has 8 heteroatoms. The zero-order valence-corrected chi connectivity index (χ0v) is 16.3. The van der Waals surface area contributed by atoms with E-state index >= 15 is 0 Å². The van der Waals surface area contributed by atoms with Crippen LogP contribution in [0.15, 0.2) is 18.2 Å². The highest BCUT2D eigenvalue weighted by Gasteiger charge is 2.35. The van der Waals surface area contributed by atoms with Crippen LogP contribution in [0.25, 0.3) is 5.69 Å². The van der Waals surface area contributed by atoms with Crippen molar-refractivity contribution in [2.24, 2.45) is 0 Å². The van der Waals surface area contributed by atoms with Crippen LogP contribution in [0.2, 0.25) is 0 Å². The summed E-state index contributed by atoms with van der Waals surface area (Å²) in [7, 11) is 0. The van der Waals surface area contributed by atoms with E-state index in [1.54, 1.807) is 6.92 Å². The molecule has 1 aliphatic carbocycles. The first kappa shape index (κ1) is 19.5. The molecule has 0 atom stereocenters. The molecule has 3 rings (SSSR count). The fraction of sp³-hybridized carbons (Fsp3) is 0.450. The van der Waals surface area contributed by atoms with Gasteiger partial charge in [-0.3, -0.25) is 4.79 Å². The lowest BCUT2D eigenvalue weighted by Crippen LogP contribution is -2.46. The van der Waals surface area contributed by atoms with Gasteiger partial charge in [-0.2, -0.15) is 15.2 Å². The number of aromatic nitrogens is 3.